The van der Waals surface area contributed by atoms with Crippen LogP contribution in [0.15, 0.2) is 24.7 Å². The Labute approximate surface area is 198 Å². The average molecular weight is 465 g/mol. The Morgan fingerprint density at radius 2 is 2.03 bits per heavy atom. The summed E-state index contributed by atoms with van der Waals surface area (Å²) >= 11 is 1.63. The van der Waals surface area contributed by atoms with Crippen LogP contribution in [0.4, 0.5) is 0 Å². The van der Waals surface area contributed by atoms with Gasteiger partial charge in [0.25, 0.3) is 5.91 Å². The first kappa shape index (κ1) is 22.1. The first-order chi connectivity index (χ1) is 16.0. The number of aromatic nitrogens is 4. The summed E-state index contributed by atoms with van der Waals surface area (Å²) in [4.78, 5) is 26.7. The number of aromatic amines is 1. The van der Waals surface area contributed by atoms with Crippen molar-refractivity contribution in [3.63, 3.8) is 0 Å². The van der Waals surface area contributed by atoms with Crippen molar-refractivity contribution in [1.82, 2.24) is 29.4 Å². The molecule has 0 saturated heterocycles. The van der Waals surface area contributed by atoms with Crippen molar-refractivity contribution in [2.75, 3.05) is 27.2 Å². The van der Waals surface area contributed by atoms with Gasteiger partial charge in [0, 0.05) is 30.9 Å². The van der Waals surface area contributed by atoms with E-state index in [0.717, 1.165) is 65.2 Å². The fraction of sp³-hybridized carbons (Fsp3) is 0.480. The Morgan fingerprint density at radius 3 is 2.76 bits per heavy atom. The second-order valence-corrected chi connectivity index (χ2v) is 10.4. The van der Waals surface area contributed by atoms with Gasteiger partial charge in [0.15, 0.2) is 5.65 Å². The molecule has 4 heterocycles. The number of rotatable bonds is 7. The molecule has 0 aromatic carbocycles. The van der Waals surface area contributed by atoms with Crippen molar-refractivity contribution in [3.05, 3.63) is 40.7 Å². The molecule has 1 N–H and O–H groups in total. The summed E-state index contributed by atoms with van der Waals surface area (Å²) in [5.74, 6) is 0.182. The molecule has 33 heavy (non-hydrogen) atoms. The summed E-state index contributed by atoms with van der Waals surface area (Å²) in [7, 11) is 4.14. The minimum atomic E-state index is 0.182. The Morgan fingerprint density at radius 1 is 1.24 bits per heavy atom. The van der Waals surface area contributed by atoms with Crippen LogP contribution in [0.25, 0.3) is 27.1 Å². The fourth-order valence-electron chi connectivity index (χ4n) is 5.07. The lowest BCUT2D eigenvalue weighted by atomic mass is 10.1. The molecule has 1 amide bonds. The van der Waals surface area contributed by atoms with Gasteiger partial charge in [0.1, 0.15) is 6.33 Å². The second kappa shape index (κ2) is 8.91. The summed E-state index contributed by atoms with van der Waals surface area (Å²) < 4.78 is 3.02. The van der Waals surface area contributed by atoms with Crippen LogP contribution in [0.5, 0.6) is 0 Å². The molecule has 0 spiro atoms. The summed E-state index contributed by atoms with van der Waals surface area (Å²) in [5, 5.41) is 4.33. The van der Waals surface area contributed by atoms with Crippen LogP contribution in [-0.2, 0) is 6.42 Å². The van der Waals surface area contributed by atoms with Gasteiger partial charge in [0.2, 0.25) is 0 Å². The molecule has 0 bridgehead atoms. The number of carbonyl (C=O) groups is 1. The van der Waals surface area contributed by atoms with E-state index in [1.165, 1.54) is 23.1 Å². The minimum absolute atomic E-state index is 0.182. The van der Waals surface area contributed by atoms with E-state index in [0.29, 0.717) is 6.04 Å². The standard InChI is InChI=1S/C25H32N6OS/c1-5-19-22(17-12-16(2)24-26-15-27-31(24)14-17)28-20-13-21(33-23(19)20)25(32)30(11-10-29(3)4)18-8-6-7-9-18/h12-15,18,28H,5-11H2,1-4H3. The van der Waals surface area contributed by atoms with Crippen LogP contribution in [0.3, 0.4) is 0 Å². The molecule has 4 aromatic heterocycles. The molecular weight excluding hydrogens is 432 g/mol. The van der Waals surface area contributed by atoms with E-state index in [9.17, 15) is 4.79 Å². The number of thiophene rings is 1. The van der Waals surface area contributed by atoms with E-state index in [2.05, 4.69) is 64.9 Å². The van der Waals surface area contributed by atoms with Crippen molar-refractivity contribution >= 4 is 33.1 Å². The number of pyridine rings is 1. The SMILES string of the molecule is CCc1c(-c2cc(C)c3ncnn3c2)[nH]c2cc(C(=O)N(CCN(C)C)C3CCCC3)sc12. The van der Waals surface area contributed by atoms with Crippen LogP contribution < -0.4 is 0 Å². The highest BCUT2D eigenvalue weighted by Crippen LogP contribution is 2.37. The molecule has 0 radical (unpaired) electrons. The molecular formula is C25H32N6OS. The molecule has 5 rings (SSSR count). The largest absolute Gasteiger partial charge is 0.354 e. The summed E-state index contributed by atoms with van der Waals surface area (Å²) in [6.07, 6.45) is 9.20. The van der Waals surface area contributed by atoms with E-state index < -0.39 is 0 Å². The highest BCUT2D eigenvalue weighted by Gasteiger charge is 2.29. The number of nitrogens with zero attached hydrogens (tertiary/aromatic N) is 5. The monoisotopic (exact) mass is 464 g/mol. The average Bonchev–Trinajstić information content (AvgIpc) is 3.56. The zero-order valence-corrected chi connectivity index (χ0v) is 20.7. The lowest BCUT2D eigenvalue weighted by molar-refractivity contribution is 0.0672. The molecule has 0 atom stereocenters. The smallest absolute Gasteiger partial charge is 0.264 e. The number of hydrogen-bond acceptors (Lipinski definition) is 5. The first-order valence-corrected chi connectivity index (χ1v) is 12.7. The van der Waals surface area contributed by atoms with Gasteiger partial charge in [-0.1, -0.05) is 19.8 Å². The van der Waals surface area contributed by atoms with Gasteiger partial charge in [0.05, 0.1) is 20.8 Å². The number of hydrogen-bond donors (Lipinski definition) is 1. The van der Waals surface area contributed by atoms with E-state index >= 15 is 0 Å². The lowest BCUT2D eigenvalue weighted by Crippen LogP contribution is -2.42. The van der Waals surface area contributed by atoms with Crippen molar-refractivity contribution in [3.8, 4) is 11.3 Å². The topological polar surface area (TPSA) is 69.5 Å². The molecule has 1 aliphatic rings. The van der Waals surface area contributed by atoms with Crippen LogP contribution in [0.1, 0.15) is 53.4 Å². The zero-order valence-electron chi connectivity index (χ0n) is 19.9. The summed E-state index contributed by atoms with van der Waals surface area (Å²) in [6.45, 7) is 5.91. The van der Waals surface area contributed by atoms with Crippen LogP contribution >= 0.6 is 11.3 Å². The van der Waals surface area contributed by atoms with Crippen molar-refractivity contribution < 1.29 is 4.79 Å². The molecule has 0 unspecified atom stereocenters. The number of H-pyrrole nitrogens is 1. The summed E-state index contributed by atoms with van der Waals surface area (Å²) in [6, 6.07) is 4.59. The first-order valence-electron chi connectivity index (χ1n) is 11.9. The van der Waals surface area contributed by atoms with Gasteiger partial charge < -0.3 is 14.8 Å². The van der Waals surface area contributed by atoms with Crippen molar-refractivity contribution in [1.29, 1.82) is 0 Å². The van der Waals surface area contributed by atoms with Gasteiger partial charge >= 0.3 is 0 Å². The number of amides is 1. The second-order valence-electron chi connectivity index (χ2n) is 9.37. The molecule has 1 saturated carbocycles. The molecule has 0 aliphatic heterocycles. The van der Waals surface area contributed by atoms with Gasteiger partial charge in [-0.3, -0.25) is 4.79 Å². The third-order valence-corrected chi connectivity index (χ3v) is 7.98. The normalized spacial score (nSPS) is 14.8. The molecule has 7 nitrogen and oxygen atoms in total. The predicted molar refractivity (Wildman–Crippen MR) is 134 cm³/mol. The van der Waals surface area contributed by atoms with Gasteiger partial charge in [-0.2, -0.15) is 5.10 Å². The molecule has 174 valence electrons. The highest BCUT2D eigenvalue weighted by atomic mass is 32.1. The van der Waals surface area contributed by atoms with Crippen molar-refractivity contribution in [2.24, 2.45) is 0 Å². The third-order valence-electron chi connectivity index (χ3n) is 6.79. The van der Waals surface area contributed by atoms with E-state index in [-0.39, 0.29) is 5.91 Å². The number of fused-ring (bicyclic) bond motifs is 2. The maximum Gasteiger partial charge on any atom is 0.264 e. The maximum absolute atomic E-state index is 13.6. The molecule has 1 aliphatic carbocycles. The van der Waals surface area contributed by atoms with E-state index in [1.807, 2.05) is 10.7 Å². The number of aryl methyl sites for hydroxylation is 2. The fourth-order valence-corrected chi connectivity index (χ4v) is 6.26. The van der Waals surface area contributed by atoms with Gasteiger partial charge in [-0.15, -0.1) is 11.3 Å². The third kappa shape index (κ3) is 4.06. The number of nitrogens with one attached hydrogen (secondary N) is 1. The van der Waals surface area contributed by atoms with Crippen LogP contribution in [-0.4, -0.2) is 68.5 Å². The van der Waals surface area contributed by atoms with Crippen LogP contribution in [0.2, 0.25) is 0 Å². The Kier molecular flexibility index (Phi) is 5.97. The number of likely N-dealkylation sites (N-methyl/N-ethyl adjacent to an activating group) is 1. The molecule has 1 fully saturated rings. The van der Waals surface area contributed by atoms with Gasteiger partial charge in [-0.25, -0.2) is 9.50 Å². The highest BCUT2D eigenvalue weighted by molar-refractivity contribution is 7.21. The Hall–Kier alpha value is -2.71. The number of carbonyl (C=O) groups excluding carboxylic acids is 1. The Balaban J connectivity index is 1.50. The quantitative estimate of drug-likeness (QED) is 0.428. The zero-order chi connectivity index (χ0) is 23.1. The van der Waals surface area contributed by atoms with Crippen LogP contribution in [0, 0.1) is 6.92 Å². The predicted octanol–water partition coefficient (Wildman–Crippen LogP) is 4.76. The molecule has 8 heteroatoms. The summed E-state index contributed by atoms with van der Waals surface area (Å²) in [5.41, 5.74) is 6.48. The Bertz CT molecular complexity index is 1290. The lowest BCUT2D eigenvalue weighted by Gasteiger charge is -2.29. The molecule has 4 aromatic rings. The minimum Gasteiger partial charge on any atom is -0.354 e. The van der Waals surface area contributed by atoms with E-state index in [4.69, 9.17) is 0 Å². The maximum atomic E-state index is 13.6. The van der Waals surface area contributed by atoms with Gasteiger partial charge in [-0.05, 0) is 63.5 Å². The van der Waals surface area contributed by atoms with E-state index in [1.54, 1.807) is 17.7 Å². The van der Waals surface area contributed by atoms with Crippen molar-refractivity contribution in [2.45, 2.75) is 52.0 Å².